The molecule has 4 nitrogen and oxygen atoms in total. The first-order valence-electron chi connectivity index (χ1n) is 9.74. The van der Waals surface area contributed by atoms with Crippen LogP contribution in [0.15, 0.2) is 48.5 Å². The minimum atomic E-state index is 0.705. The first-order chi connectivity index (χ1) is 13.3. The average molecular weight is 362 g/mol. The number of piperidine rings is 1. The molecule has 1 aliphatic heterocycles. The lowest BCUT2D eigenvalue weighted by Crippen LogP contribution is -2.32. The number of carbonyl (C=O) groups excluding carboxylic acids is 1. The van der Waals surface area contributed by atoms with Crippen molar-refractivity contribution in [2.75, 3.05) is 26.7 Å². The Kier molecular flexibility index (Phi) is 5.26. The smallest absolute Gasteiger partial charge is 0.150 e. The van der Waals surface area contributed by atoms with Gasteiger partial charge < -0.3 is 14.2 Å². The van der Waals surface area contributed by atoms with Crippen molar-refractivity contribution >= 4 is 17.2 Å². The third kappa shape index (κ3) is 3.76. The topological polar surface area (TPSA) is 34.5 Å². The summed E-state index contributed by atoms with van der Waals surface area (Å²) < 4.78 is 7.81. The fraction of sp³-hybridized carbons (Fsp3) is 0.348. The zero-order valence-electron chi connectivity index (χ0n) is 15.9. The van der Waals surface area contributed by atoms with Crippen molar-refractivity contribution in [2.45, 2.75) is 25.8 Å². The molecule has 0 radical (unpaired) electrons. The average Bonchev–Trinajstić information content (AvgIpc) is 3.10. The number of benzene rings is 2. The quantitative estimate of drug-likeness (QED) is 0.600. The van der Waals surface area contributed by atoms with Gasteiger partial charge in [-0.3, -0.25) is 4.79 Å². The Morgan fingerprint density at radius 2 is 1.74 bits per heavy atom. The molecule has 0 bridgehead atoms. The van der Waals surface area contributed by atoms with Crippen molar-refractivity contribution in [3.63, 3.8) is 0 Å². The van der Waals surface area contributed by atoms with Crippen LogP contribution >= 0.6 is 0 Å². The molecule has 1 saturated heterocycles. The predicted octanol–water partition coefficient (Wildman–Crippen LogP) is 4.62. The van der Waals surface area contributed by atoms with Crippen LogP contribution in [-0.4, -0.2) is 42.5 Å². The molecule has 4 heteroatoms. The number of likely N-dealkylation sites (tertiary alicyclic amines) is 1. The largest absolute Gasteiger partial charge is 0.497 e. The monoisotopic (exact) mass is 362 g/mol. The summed E-state index contributed by atoms with van der Waals surface area (Å²) in [6, 6.07) is 16.3. The second kappa shape index (κ2) is 7.97. The third-order valence-corrected chi connectivity index (χ3v) is 5.54. The number of aromatic nitrogens is 1. The Hall–Kier alpha value is -2.59. The fourth-order valence-electron chi connectivity index (χ4n) is 4.01. The van der Waals surface area contributed by atoms with Crippen LogP contribution in [0.1, 0.15) is 29.6 Å². The highest BCUT2D eigenvalue weighted by atomic mass is 16.5. The molecular weight excluding hydrogens is 336 g/mol. The summed E-state index contributed by atoms with van der Waals surface area (Å²) in [4.78, 5) is 13.6. The highest BCUT2D eigenvalue weighted by Crippen LogP contribution is 2.31. The summed E-state index contributed by atoms with van der Waals surface area (Å²) >= 11 is 0. The number of aldehydes is 1. The Morgan fingerprint density at radius 3 is 2.44 bits per heavy atom. The minimum Gasteiger partial charge on any atom is -0.497 e. The number of ether oxygens (including phenoxy) is 1. The highest BCUT2D eigenvalue weighted by molar-refractivity contribution is 5.88. The van der Waals surface area contributed by atoms with Crippen LogP contribution in [-0.2, 0) is 6.54 Å². The maximum absolute atomic E-state index is 11.0. The zero-order chi connectivity index (χ0) is 18.6. The number of rotatable bonds is 6. The van der Waals surface area contributed by atoms with E-state index in [-0.39, 0.29) is 0 Å². The van der Waals surface area contributed by atoms with Gasteiger partial charge in [0, 0.05) is 35.2 Å². The molecule has 1 fully saturated rings. The zero-order valence-corrected chi connectivity index (χ0v) is 15.9. The van der Waals surface area contributed by atoms with Gasteiger partial charge in [-0.05, 0) is 55.8 Å². The lowest BCUT2D eigenvalue weighted by molar-refractivity contribution is 0.112. The molecule has 1 aliphatic rings. The lowest BCUT2D eigenvalue weighted by Gasteiger charge is -2.27. The van der Waals surface area contributed by atoms with Gasteiger partial charge in [-0.2, -0.15) is 0 Å². The Labute approximate surface area is 160 Å². The van der Waals surface area contributed by atoms with Crippen LogP contribution in [0.3, 0.4) is 0 Å². The fourth-order valence-corrected chi connectivity index (χ4v) is 4.01. The van der Waals surface area contributed by atoms with Gasteiger partial charge in [0.25, 0.3) is 0 Å². The van der Waals surface area contributed by atoms with E-state index >= 15 is 0 Å². The van der Waals surface area contributed by atoms with E-state index in [0.29, 0.717) is 5.56 Å². The van der Waals surface area contributed by atoms with Gasteiger partial charge in [0.1, 0.15) is 12.0 Å². The molecule has 0 atom stereocenters. The summed E-state index contributed by atoms with van der Waals surface area (Å²) in [5, 5.41) is 1.18. The minimum absolute atomic E-state index is 0.705. The van der Waals surface area contributed by atoms with Crippen molar-refractivity contribution in [2.24, 2.45) is 0 Å². The Bertz CT molecular complexity index is 921. The first kappa shape index (κ1) is 17.8. The van der Waals surface area contributed by atoms with Gasteiger partial charge in [-0.25, -0.2) is 0 Å². The number of fused-ring (bicyclic) bond motifs is 1. The van der Waals surface area contributed by atoms with Gasteiger partial charge in [-0.15, -0.1) is 0 Å². The van der Waals surface area contributed by atoms with Gasteiger partial charge in [0.05, 0.1) is 7.11 Å². The molecule has 0 amide bonds. The second-order valence-corrected chi connectivity index (χ2v) is 7.25. The maximum atomic E-state index is 11.0. The Balaban J connectivity index is 1.71. The molecule has 0 aliphatic carbocycles. The van der Waals surface area contributed by atoms with E-state index in [1.807, 2.05) is 30.3 Å². The SMILES string of the molecule is COc1ccc2c(c1)cc(-c1ccc(C=O)cc1)n2CCN1CCCCC1. The van der Waals surface area contributed by atoms with E-state index in [2.05, 4.69) is 27.7 Å². The third-order valence-electron chi connectivity index (χ3n) is 5.54. The second-order valence-electron chi connectivity index (χ2n) is 7.25. The van der Waals surface area contributed by atoms with Crippen molar-refractivity contribution < 1.29 is 9.53 Å². The van der Waals surface area contributed by atoms with E-state index in [1.165, 1.54) is 48.9 Å². The van der Waals surface area contributed by atoms with Crippen LogP contribution in [0, 0.1) is 0 Å². The van der Waals surface area contributed by atoms with Crippen LogP contribution < -0.4 is 4.74 Å². The van der Waals surface area contributed by atoms with Crippen molar-refractivity contribution in [3.8, 4) is 17.0 Å². The van der Waals surface area contributed by atoms with Gasteiger partial charge in [-0.1, -0.05) is 30.7 Å². The normalized spacial score (nSPS) is 15.1. The van der Waals surface area contributed by atoms with Crippen molar-refractivity contribution in [1.82, 2.24) is 9.47 Å². The van der Waals surface area contributed by atoms with E-state index in [1.54, 1.807) is 7.11 Å². The van der Waals surface area contributed by atoms with Gasteiger partial charge in [0.15, 0.2) is 0 Å². The molecule has 0 spiro atoms. The summed E-state index contributed by atoms with van der Waals surface area (Å²) in [7, 11) is 1.70. The van der Waals surface area contributed by atoms with Crippen LogP contribution in [0.5, 0.6) is 5.75 Å². The summed E-state index contributed by atoms with van der Waals surface area (Å²) in [5.41, 5.74) is 4.25. The molecule has 0 unspecified atom stereocenters. The standard InChI is InChI=1S/C23H26N2O2/c1-27-21-9-10-22-20(15-21)16-23(19-7-5-18(17-26)6-8-19)25(22)14-13-24-11-3-2-4-12-24/h5-10,15-17H,2-4,11-14H2,1H3. The number of hydrogen-bond acceptors (Lipinski definition) is 3. The van der Waals surface area contributed by atoms with Crippen LogP contribution in [0.4, 0.5) is 0 Å². The molecule has 2 heterocycles. The molecule has 27 heavy (non-hydrogen) atoms. The summed E-state index contributed by atoms with van der Waals surface area (Å²) in [6.07, 6.45) is 4.87. The van der Waals surface area contributed by atoms with Gasteiger partial charge in [0.2, 0.25) is 0 Å². The maximum Gasteiger partial charge on any atom is 0.150 e. The number of hydrogen-bond donors (Lipinski definition) is 0. The molecule has 0 saturated carbocycles. The number of carbonyl (C=O) groups is 1. The van der Waals surface area contributed by atoms with E-state index < -0.39 is 0 Å². The van der Waals surface area contributed by atoms with Crippen molar-refractivity contribution in [1.29, 1.82) is 0 Å². The van der Waals surface area contributed by atoms with Crippen molar-refractivity contribution in [3.05, 3.63) is 54.1 Å². The first-order valence-corrected chi connectivity index (χ1v) is 9.74. The van der Waals surface area contributed by atoms with E-state index in [4.69, 9.17) is 4.74 Å². The highest BCUT2D eigenvalue weighted by Gasteiger charge is 2.14. The van der Waals surface area contributed by atoms with E-state index in [0.717, 1.165) is 30.7 Å². The van der Waals surface area contributed by atoms with Crippen LogP contribution in [0.25, 0.3) is 22.2 Å². The molecule has 2 aromatic carbocycles. The van der Waals surface area contributed by atoms with E-state index in [9.17, 15) is 4.79 Å². The predicted molar refractivity (Wildman–Crippen MR) is 110 cm³/mol. The molecule has 0 N–H and O–H groups in total. The molecule has 1 aromatic heterocycles. The molecule has 3 aromatic rings. The summed E-state index contributed by atoms with van der Waals surface area (Å²) in [6.45, 7) is 4.43. The lowest BCUT2D eigenvalue weighted by atomic mass is 10.1. The van der Waals surface area contributed by atoms with Gasteiger partial charge >= 0.3 is 0 Å². The molecule has 140 valence electrons. The molecule has 4 rings (SSSR count). The summed E-state index contributed by atoms with van der Waals surface area (Å²) in [5.74, 6) is 0.874. The Morgan fingerprint density at radius 1 is 0.963 bits per heavy atom. The molecular formula is C23H26N2O2. The number of methoxy groups -OCH3 is 1. The number of nitrogens with zero attached hydrogens (tertiary/aromatic N) is 2. The van der Waals surface area contributed by atoms with Crippen LogP contribution in [0.2, 0.25) is 0 Å².